The Morgan fingerprint density at radius 2 is 2.17 bits per heavy atom. The van der Waals surface area contributed by atoms with Crippen LogP contribution in [-0.2, 0) is 6.42 Å². The van der Waals surface area contributed by atoms with Crippen molar-refractivity contribution in [2.75, 3.05) is 31.6 Å². The number of rotatable bonds is 7. The summed E-state index contributed by atoms with van der Waals surface area (Å²) in [6.45, 7) is 5.46. The highest BCUT2D eigenvalue weighted by Gasteiger charge is 2.35. The van der Waals surface area contributed by atoms with Crippen molar-refractivity contribution in [3.63, 3.8) is 0 Å². The molecule has 0 radical (unpaired) electrons. The predicted octanol–water partition coefficient (Wildman–Crippen LogP) is 1.55. The van der Waals surface area contributed by atoms with Crippen molar-refractivity contribution in [1.29, 1.82) is 0 Å². The van der Waals surface area contributed by atoms with Crippen LogP contribution in [0.15, 0.2) is 8.94 Å². The van der Waals surface area contributed by atoms with Gasteiger partial charge in [0.15, 0.2) is 5.82 Å². The molecule has 2 aromatic heterocycles. The van der Waals surface area contributed by atoms with Gasteiger partial charge in [-0.25, -0.2) is 4.39 Å². The number of hydrogen-bond donors (Lipinski definition) is 0. The molecule has 0 aliphatic carbocycles. The molecule has 8 nitrogen and oxygen atoms in total. The van der Waals surface area contributed by atoms with Crippen molar-refractivity contribution in [3.8, 4) is 0 Å². The van der Waals surface area contributed by atoms with Crippen molar-refractivity contribution in [3.05, 3.63) is 17.6 Å². The van der Waals surface area contributed by atoms with Gasteiger partial charge < -0.3 is 18.7 Å². The molecule has 3 heterocycles. The summed E-state index contributed by atoms with van der Waals surface area (Å²) in [5.74, 6) is 1.81. The van der Waals surface area contributed by atoms with Crippen LogP contribution in [0.25, 0.3) is 0 Å². The standard InChI is InChI=1S/C15H23FN6O2/c1-10-17-14(24-20-10)5-4-6-21(3)9-13-7-12(16)8-22(13)15-19-18-11(2)23-15/h12-13H,4-9H2,1-3H3/t12-,13-/m0/s1. The molecule has 1 saturated heterocycles. The maximum absolute atomic E-state index is 13.9. The van der Waals surface area contributed by atoms with E-state index >= 15 is 0 Å². The normalized spacial score (nSPS) is 21.1. The second-order valence-electron chi connectivity index (χ2n) is 6.34. The molecule has 1 fully saturated rings. The Morgan fingerprint density at radius 3 is 2.83 bits per heavy atom. The van der Waals surface area contributed by atoms with Crippen LogP contribution in [0.3, 0.4) is 0 Å². The first-order valence-corrected chi connectivity index (χ1v) is 8.20. The number of anilines is 1. The first-order chi connectivity index (χ1) is 11.5. The summed E-state index contributed by atoms with van der Waals surface area (Å²) in [6.07, 6.45) is 1.27. The molecule has 0 saturated carbocycles. The van der Waals surface area contributed by atoms with Gasteiger partial charge in [-0.2, -0.15) is 4.98 Å². The highest BCUT2D eigenvalue weighted by Crippen LogP contribution is 2.26. The zero-order valence-corrected chi connectivity index (χ0v) is 14.3. The van der Waals surface area contributed by atoms with Crippen LogP contribution in [0.2, 0.25) is 0 Å². The van der Waals surface area contributed by atoms with E-state index in [0.29, 0.717) is 36.6 Å². The van der Waals surface area contributed by atoms with Crippen LogP contribution in [-0.4, -0.2) is 64.1 Å². The monoisotopic (exact) mass is 338 g/mol. The lowest BCUT2D eigenvalue weighted by Crippen LogP contribution is -2.39. The first kappa shape index (κ1) is 16.8. The first-order valence-electron chi connectivity index (χ1n) is 8.20. The average Bonchev–Trinajstić information content (AvgIpc) is 3.20. The minimum Gasteiger partial charge on any atom is -0.408 e. The van der Waals surface area contributed by atoms with Crippen molar-refractivity contribution >= 4 is 6.01 Å². The second-order valence-corrected chi connectivity index (χ2v) is 6.34. The minimum absolute atomic E-state index is 0.0375. The van der Waals surface area contributed by atoms with E-state index in [1.165, 1.54) is 0 Å². The summed E-state index contributed by atoms with van der Waals surface area (Å²) >= 11 is 0. The molecule has 0 unspecified atom stereocenters. The van der Waals surface area contributed by atoms with Crippen molar-refractivity contribution in [2.45, 2.75) is 45.3 Å². The van der Waals surface area contributed by atoms with Crippen LogP contribution < -0.4 is 4.90 Å². The number of aromatic nitrogens is 4. The second kappa shape index (κ2) is 7.25. The van der Waals surface area contributed by atoms with Gasteiger partial charge in [0.25, 0.3) is 0 Å². The van der Waals surface area contributed by atoms with E-state index in [2.05, 4.69) is 25.2 Å². The molecule has 0 bridgehead atoms. The van der Waals surface area contributed by atoms with Gasteiger partial charge in [0, 0.05) is 32.4 Å². The molecule has 2 aromatic rings. The van der Waals surface area contributed by atoms with Crippen LogP contribution in [0.1, 0.15) is 30.4 Å². The fraction of sp³-hybridized carbons (Fsp3) is 0.733. The van der Waals surface area contributed by atoms with E-state index in [9.17, 15) is 4.39 Å². The summed E-state index contributed by atoms with van der Waals surface area (Å²) in [7, 11) is 2.03. The molecule has 1 aliphatic rings. The van der Waals surface area contributed by atoms with Crippen LogP contribution in [0, 0.1) is 13.8 Å². The third-order valence-corrected chi connectivity index (χ3v) is 4.15. The smallest absolute Gasteiger partial charge is 0.318 e. The molecule has 1 aliphatic heterocycles. The Labute approximate surface area is 140 Å². The van der Waals surface area contributed by atoms with E-state index in [-0.39, 0.29) is 6.04 Å². The summed E-state index contributed by atoms with van der Waals surface area (Å²) < 4.78 is 24.4. The van der Waals surface area contributed by atoms with Crippen molar-refractivity contribution < 1.29 is 13.3 Å². The summed E-state index contributed by atoms with van der Waals surface area (Å²) in [4.78, 5) is 8.25. The summed E-state index contributed by atoms with van der Waals surface area (Å²) in [5.41, 5.74) is 0. The van der Waals surface area contributed by atoms with Crippen molar-refractivity contribution in [2.24, 2.45) is 0 Å². The largest absolute Gasteiger partial charge is 0.408 e. The Morgan fingerprint density at radius 1 is 1.33 bits per heavy atom. The van der Waals surface area contributed by atoms with Crippen LogP contribution in [0.5, 0.6) is 0 Å². The van der Waals surface area contributed by atoms with Crippen molar-refractivity contribution in [1.82, 2.24) is 25.2 Å². The number of alkyl halides is 1. The third-order valence-electron chi connectivity index (χ3n) is 4.15. The highest BCUT2D eigenvalue weighted by atomic mass is 19.1. The summed E-state index contributed by atoms with van der Waals surface area (Å²) in [5, 5.41) is 11.6. The zero-order valence-electron chi connectivity index (χ0n) is 14.3. The topological polar surface area (TPSA) is 84.3 Å². The molecule has 0 aromatic carbocycles. The number of nitrogens with zero attached hydrogens (tertiary/aromatic N) is 6. The number of hydrogen-bond acceptors (Lipinski definition) is 8. The third kappa shape index (κ3) is 4.08. The zero-order chi connectivity index (χ0) is 17.1. The van der Waals surface area contributed by atoms with Gasteiger partial charge in [0.05, 0.1) is 6.54 Å². The lowest BCUT2D eigenvalue weighted by Gasteiger charge is -2.26. The average molecular weight is 338 g/mol. The van der Waals surface area contributed by atoms with E-state index in [4.69, 9.17) is 8.94 Å². The Bertz CT molecular complexity index is 660. The molecule has 132 valence electrons. The van der Waals surface area contributed by atoms with E-state index in [1.807, 2.05) is 11.9 Å². The number of likely N-dealkylation sites (N-methyl/N-ethyl adjacent to an activating group) is 1. The van der Waals surface area contributed by atoms with E-state index < -0.39 is 6.17 Å². The van der Waals surface area contributed by atoms with Gasteiger partial charge in [-0.1, -0.05) is 10.3 Å². The summed E-state index contributed by atoms with van der Waals surface area (Å²) in [6, 6.07) is 0.447. The minimum atomic E-state index is -0.864. The molecular formula is C15H23FN6O2. The van der Waals surface area contributed by atoms with Crippen LogP contribution in [0.4, 0.5) is 10.4 Å². The lowest BCUT2D eigenvalue weighted by molar-refractivity contribution is 0.285. The molecule has 24 heavy (non-hydrogen) atoms. The van der Waals surface area contributed by atoms with Gasteiger partial charge in [-0.3, -0.25) is 0 Å². The molecule has 0 amide bonds. The van der Waals surface area contributed by atoms with E-state index in [1.54, 1.807) is 13.8 Å². The van der Waals surface area contributed by atoms with Gasteiger partial charge in [0.2, 0.25) is 11.8 Å². The van der Waals surface area contributed by atoms with Gasteiger partial charge in [-0.05, 0) is 26.9 Å². The number of aryl methyl sites for hydroxylation is 3. The molecule has 3 rings (SSSR count). The Hall–Kier alpha value is -2.03. The fourth-order valence-electron chi connectivity index (χ4n) is 3.06. The van der Waals surface area contributed by atoms with Gasteiger partial charge in [0.1, 0.15) is 6.17 Å². The number of halogens is 1. The molecular weight excluding hydrogens is 315 g/mol. The van der Waals surface area contributed by atoms with E-state index in [0.717, 1.165) is 25.9 Å². The SMILES string of the molecule is Cc1noc(CCCN(C)C[C@@H]2C[C@H](F)CN2c2nnc(C)o2)n1. The Balaban J connectivity index is 1.49. The molecule has 2 atom stereocenters. The molecule has 0 spiro atoms. The quantitative estimate of drug-likeness (QED) is 0.752. The van der Waals surface area contributed by atoms with Gasteiger partial charge in [-0.15, -0.1) is 5.10 Å². The molecule has 9 heteroatoms. The van der Waals surface area contributed by atoms with Crippen LogP contribution >= 0.6 is 0 Å². The highest BCUT2D eigenvalue weighted by molar-refractivity contribution is 5.30. The molecule has 0 N–H and O–H groups in total. The fourth-order valence-corrected chi connectivity index (χ4v) is 3.06. The van der Waals surface area contributed by atoms with Gasteiger partial charge >= 0.3 is 6.01 Å². The maximum Gasteiger partial charge on any atom is 0.318 e. The predicted molar refractivity (Wildman–Crippen MR) is 84.5 cm³/mol. The maximum atomic E-state index is 13.9. The lowest BCUT2D eigenvalue weighted by atomic mass is 10.2. The Kier molecular flexibility index (Phi) is 5.08.